The Morgan fingerprint density at radius 3 is 2.88 bits per heavy atom. The molecule has 1 aromatic heterocycles. The summed E-state index contributed by atoms with van der Waals surface area (Å²) in [5.41, 5.74) is 2.94. The predicted molar refractivity (Wildman–Crippen MR) is 91.4 cm³/mol. The molecule has 132 valence electrons. The maximum atomic E-state index is 12.6. The minimum absolute atomic E-state index is 0.122. The number of sulfonamides is 1. The first-order valence-corrected chi connectivity index (χ1v) is 10.1. The Hall–Kier alpha value is -1.83. The molecule has 0 bridgehead atoms. The number of rotatable bonds is 6. The van der Waals surface area contributed by atoms with Crippen LogP contribution in [-0.4, -0.2) is 38.8 Å². The smallest absolute Gasteiger partial charge is 0.240 e. The normalized spacial score (nSPS) is 20.9. The van der Waals surface area contributed by atoms with E-state index in [-0.39, 0.29) is 17.0 Å². The van der Waals surface area contributed by atoms with E-state index < -0.39 is 10.0 Å². The van der Waals surface area contributed by atoms with E-state index >= 15 is 0 Å². The Morgan fingerprint density at radius 1 is 1.40 bits per heavy atom. The molecule has 0 spiro atoms. The summed E-state index contributed by atoms with van der Waals surface area (Å²) in [4.78, 5) is 4.27. The first-order chi connectivity index (χ1) is 12.1. The van der Waals surface area contributed by atoms with Gasteiger partial charge in [-0.2, -0.15) is 5.26 Å². The van der Waals surface area contributed by atoms with Crippen LogP contribution in [0.5, 0.6) is 0 Å². The number of hydrogen-bond donors (Lipinski definition) is 1. The second kappa shape index (κ2) is 8.03. The second-order valence-corrected chi connectivity index (χ2v) is 7.99. The van der Waals surface area contributed by atoms with Crippen LogP contribution >= 0.6 is 11.3 Å². The molecule has 3 rings (SSSR count). The highest BCUT2D eigenvalue weighted by Gasteiger charge is 2.31. The van der Waals surface area contributed by atoms with Crippen LogP contribution in [0.25, 0.3) is 0 Å². The van der Waals surface area contributed by atoms with E-state index in [1.165, 1.54) is 35.6 Å². The van der Waals surface area contributed by atoms with Crippen molar-refractivity contribution >= 4 is 21.4 Å². The largest absolute Gasteiger partial charge is 0.379 e. The molecule has 2 aromatic rings. The fourth-order valence-corrected chi connectivity index (χ4v) is 4.33. The van der Waals surface area contributed by atoms with Gasteiger partial charge in [0, 0.05) is 12.0 Å². The molecule has 0 amide bonds. The minimum atomic E-state index is -3.70. The Kier molecular flexibility index (Phi) is 5.78. The Morgan fingerprint density at radius 2 is 2.20 bits per heavy atom. The average Bonchev–Trinajstić information content (AvgIpc) is 3.14. The predicted octanol–water partition coefficient (Wildman–Crippen LogP) is 1.67. The summed E-state index contributed by atoms with van der Waals surface area (Å²) in [5.74, 6) is 0. The first-order valence-electron chi connectivity index (χ1n) is 7.67. The summed E-state index contributed by atoms with van der Waals surface area (Å²) in [5, 5.41) is 10.7. The monoisotopic (exact) mass is 379 g/mol. The molecule has 2 atom stereocenters. The highest BCUT2D eigenvalue weighted by atomic mass is 32.2. The number of nitrogens with zero attached hydrogens (tertiary/aromatic N) is 2. The molecule has 1 N–H and O–H groups in total. The van der Waals surface area contributed by atoms with E-state index in [9.17, 15) is 8.42 Å². The zero-order valence-electron chi connectivity index (χ0n) is 13.3. The molecule has 0 saturated carbocycles. The lowest BCUT2D eigenvalue weighted by molar-refractivity contribution is -0.0717. The number of benzene rings is 1. The molecule has 1 aliphatic rings. The lowest BCUT2D eigenvalue weighted by Crippen LogP contribution is -2.49. The maximum absolute atomic E-state index is 12.6. The van der Waals surface area contributed by atoms with E-state index in [2.05, 4.69) is 9.71 Å². The fraction of sp³-hybridized carbons (Fsp3) is 0.375. The van der Waals surface area contributed by atoms with Crippen LogP contribution in [0.1, 0.15) is 17.7 Å². The van der Waals surface area contributed by atoms with Gasteiger partial charge in [-0.3, -0.25) is 0 Å². The summed E-state index contributed by atoms with van der Waals surface area (Å²) in [6, 6.07) is 7.39. The molecule has 25 heavy (non-hydrogen) atoms. The third-order valence-corrected chi connectivity index (χ3v) is 5.97. The SMILES string of the molecule is N#Cc1ccc(S(=O)(=O)N[C@@H]2CCOC[C@H]2OCc2cscn2)cc1. The van der Waals surface area contributed by atoms with Crippen LogP contribution in [0, 0.1) is 11.3 Å². The number of thiazole rings is 1. The van der Waals surface area contributed by atoms with E-state index in [1.807, 2.05) is 11.4 Å². The van der Waals surface area contributed by atoms with Crippen molar-refractivity contribution in [3.05, 3.63) is 46.4 Å². The molecule has 7 nitrogen and oxygen atoms in total. The summed E-state index contributed by atoms with van der Waals surface area (Å²) < 4.78 is 39.1. The van der Waals surface area contributed by atoms with Gasteiger partial charge in [0.2, 0.25) is 10.0 Å². The zero-order chi connectivity index (χ0) is 17.7. The number of nitrogens with one attached hydrogen (secondary N) is 1. The molecule has 1 aromatic carbocycles. The summed E-state index contributed by atoms with van der Waals surface area (Å²) in [7, 11) is -3.70. The van der Waals surface area contributed by atoms with Crippen LogP contribution in [0.3, 0.4) is 0 Å². The van der Waals surface area contributed by atoms with Gasteiger partial charge in [0.15, 0.2) is 0 Å². The van der Waals surface area contributed by atoms with Crippen molar-refractivity contribution in [1.82, 2.24) is 9.71 Å². The topological polar surface area (TPSA) is 101 Å². The number of hydrogen-bond acceptors (Lipinski definition) is 7. The van der Waals surface area contributed by atoms with Gasteiger partial charge in [-0.1, -0.05) is 0 Å². The van der Waals surface area contributed by atoms with Crippen molar-refractivity contribution in [1.29, 1.82) is 5.26 Å². The van der Waals surface area contributed by atoms with Crippen LogP contribution in [-0.2, 0) is 26.1 Å². The van der Waals surface area contributed by atoms with Gasteiger partial charge in [-0.15, -0.1) is 11.3 Å². The van der Waals surface area contributed by atoms with Gasteiger partial charge in [-0.25, -0.2) is 18.1 Å². The van der Waals surface area contributed by atoms with Crippen LogP contribution < -0.4 is 4.72 Å². The van der Waals surface area contributed by atoms with Crippen molar-refractivity contribution in [2.45, 2.75) is 30.1 Å². The first kappa shape index (κ1) is 18.0. The van der Waals surface area contributed by atoms with Gasteiger partial charge in [0.05, 0.1) is 53.1 Å². The highest BCUT2D eigenvalue weighted by Crippen LogP contribution is 2.18. The molecule has 0 radical (unpaired) electrons. The Bertz CT molecular complexity index is 829. The van der Waals surface area contributed by atoms with Crippen molar-refractivity contribution in [2.75, 3.05) is 13.2 Å². The quantitative estimate of drug-likeness (QED) is 0.819. The third kappa shape index (κ3) is 4.62. The van der Waals surface area contributed by atoms with E-state index in [0.717, 1.165) is 5.69 Å². The summed E-state index contributed by atoms with van der Waals surface area (Å²) in [6.45, 7) is 1.11. The number of nitriles is 1. The van der Waals surface area contributed by atoms with Gasteiger partial charge in [0.1, 0.15) is 0 Å². The summed E-state index contributed by atoms with van der Waals surface area (Å²) >= 11 is 1.48. The van der Waals surface area contributed by atoms with Crippen molar-refractivity contribution in [2.24, 2.45) is 0 Å². The van der Waals surface area contributed by atoms with Crippen molar-refractivity contribution < 1.29 is 17.9 Å². The minimum Gasteiger partial charge on any atom is -0.379 e. The van der Waals surface area contributed by atoms with Gasteiger partial charge >= 0.3 is 0 Å². The number of aromatic nitrogens is 1. The van der Waals surface area contributed by atoms with Crippen LogP contribution in [0.2, 0.25) is 0 Å². The standard InChI is InChI=1S/C16H17N3O4S2/c17-7-12-1-3-14(4-2-12)25(20,21)19-15-5-6-22-9-16(15)23-8-13-10-24-11-18-13/h1-4,10-11,15-16,19H,5-6,8-9H2/t15-,16-/m1/s1. The fourth-order valence-electron chi connectivity index (χ4n) is 2.49. The number of ether oxygens (including phenoxy) is 2. The highest BCUT2D eigenvalue weighted by molar-refractivity contribution is 7.89. The molecule has 9 heteroatoms. The van der Waals surface area contributed by atoms with E-state index in [1.54, 1.807) is 5.51 Å². The van der Waals surface area contributed by atoms with Crippen molar-refractivity contribution in [3.63, 3.8) is 0 Å². The maximum Gasteiger partial charge on any atom is 0.240 e. The summed E-state index contributed by atoms with van der Waals surface area (Å²) in [6.07, 6.45) is 0.139. The van der Waals surface area contributed by atoms with Gasteiger partial charge in [-0.05, 0) is 30.7 Å². The van der Waals surface area contributed by atoms with Crippen LogP contribution in [0.4, 0.5) is 0 Å². The second-order valence-electron chi connectivity index (χ2n) is 5.56. The van der Waals surface area contributed by atoms with Gasteiger partial charge < -0.3 is 9.47 Å². The molecule has 0 aliphatic carbocycles. The van der Waals surface area contributed by atoms with E-state index in [4.69, 9.17) is 14.7 Å². The van der Waals surface area contributed by atoms with Crippen LogP contribution in [0.15, 0.2) is 40.1 Å². The molecular weight excluding hydrogens is 362 g/mol. The lowest BCUT2D eigenvalue weighted by atomic mass is 10.1. The lowest BCUT2D eigenvalue weighted by Gasteiger charge is -2.31. The third-order valence-electron chi connectivity index (χ3n) is 3.83. The Labute approximate surface area is 150 Å². The van der Waals surface area contributed by atoms with E-state index in [0.29, 0.717) is 31.8 Å². The molecule has 1 saturated heterocycles. The molecule has 1 aliphatic heterocycles. The average molecular weight is 379 g/mol. The zero-order valence-corrected chi connectivity index (χ0v) is 14.9. The molecule has 1 fully saturated rings. The molecular formula is C16H17N3O4S2. The molecule has 2 heterocycles. The van der Waals surface area contributed by atoms with Gasteiger partial charge in [0.25, 0.3) is 0 Å². The Balaban J connectivity index is 1.68. The van der Waals surface area contributed by atoms with Crippen molar-refractivity contribution in [3.8, 4) is 6.07 Å². The molecule has 0 unspecified atom stereocenters.